The molecule has 0 aromatic rings. The van der Waals surface area contributed by atoms with E-state index in [4.69, 9.17) is 9.47 Å². The van der Waals surface area contributed by atoms with E-state index in [0.29, 0.717) is 5.17 Å². The fraction of sp³-hybridized carbons (Fsp3) is 0.667. The van der Waals surface area contributed by atoms with Gasteiger partial charge in [-0.25, -0.2) is 9.79 Å². The number of rotatable bonds is 5. The predicted molar refractivity (Wildman–Crippen MR) is 77.8 cm³/mol. The zero-order valence-electron chi connectivity index (χ0n) is 12.0. The van der Waals surface area contributed by atoms with Crippen LogP contribution in [0.4, 0.5) is 0 Å². The summed E-state index contributed by atoms with van der Waals surface area (Å²) in [6.45, 7) is 7.53. The number of hydrazone groups is 1. The van der Waals surface area contributed by atoms with Gasteiger partial charge in [0, 0.05) is 5.71 Å². The Labute approximate surface area is 122 Å². The minimum Gasteiger partial charge on any atom is -0.465 e. The Morgan fingerprint density at radius 2 is 1.85 bits per heavy atom. The summed E-state index contributed by atoms with van der Waals surface area (Å²) < 4.78 is 9.88. The van der Waals surface area contributed by atoms with Crippen LogP contribution in [0.25, 0.3) is 0 Å². The van der Waals surface area contributed by atoms with Crippen LogP contribution in [-0.4, -0.2) is 47.3 Å². The third-order valence-corrected chi connectivity index (χ3v) is 3.33. The molecule has 112 valence electrons. The highest BCUT2D eigenvalue weighted by molar-refractivity contribution is 8.15. The Bertz CT molecular complexity index is 432. The average Bonchev–Trinajstić information content (AvgIpc) is 2.81. The van der Waals surface area contributed by atoms with Gasteiger partial charge in [-0.2, -0.15) is 5.10 Å². The molecule has 0 saturated carbocycles. The first kappa shape index (κ1) is 16.5. The van der Waals surface area contributed by atoms with Gasteiger partial charge in [0.15, 0.2) is 11.2 Å². The highest BCUT2D eigenvalue weighted by atomic mass is 32.2. The molecule has 0 radical (unpaired) electrons. The topological polar surface area (TPSA) is 89.4 Å². The van der Waals surface area contributed by atoms with Crippen LogP contribution in [0.15, 0.2) is 10.1 Å². The first-order chi connectivity index (χ1) is 9.49. The average molecular weight is 301 g/mol. The molecular weight excluding hydrogens is 282 g/mol. The number of nitrogens with one attached hydrogen (secondary N) is 1. The lowest BCUT2D eigenvalue weighted by Crippen LogP contribution is -2.36. The summed E-state index contributed by atoms with van der Waals surface area (Å²) in [5, 5.41) is 3.67. The van der Waals surface area contributed by atoms with E-state index < -0.39 is 23.2 Å². The lowest BCUT2D eigenvalue weighted by Gasteiger charge is -2.13. The molecule has 0 aromatic heterocycles. The van der Waals surface area contributed by atoms with Gasteiger partial charge in [0.05, 0.1) is 13.2 Å². The van der Waals surface area contributed by atoms with Crippen LogP contribution in [0.5, 0.6) is 0 Å². The van der Waals surface area contributed by atoms with E-state index in [2.05, 4.69) is 15.5 Å². The third-order valence-electron chi connectivity index (χ3n) is 2.20. The third kappa shape index (κ3) is 4.52. The SMILES string of the molecule is CCOC(=O)C1N=C(NN=C(C)C)SC1C(=O)OCC. The summed E-state index contributed by atoms with van der Waals surface area (Å²) in [7, 11) is 0. The van der Waals surface area contributed by atoms with Crippen molar-refractivity contribution in [3.63, 3.8) is 0 Å². The summed E-state index contributed by atoms with van der Waals surface area (Å²) in [5.41, 5.74) is 3.53. The van der Waals surface area contributed by atoms with Crippen molar-refractivity contribution in [3.8, 4) is 0 Å². The molecule has 0 saturated heterocycles. The van der Waals surface area contributed by atoms with Crippen LogP contribution in [0.3, 0.4) is 0 Å². The molecule has 0 bridgehead atoms. The van der Waals surface area contributed by atoms with E-state index in [1.807, 2.05) is 13.8 Å². The number of thioether (sulfide) groups is 1. The van der Waals surface area contributed by atoms with E-state index in [1.165, 1.54) is 0 Å². The van der Waals surface area contributed by atoms with Crippen molar-refractivity contribution in [2.45, 2.75) is 39.0 Å². The lowest BCUT2D eigenvalue weighted by molar-refractivity contribution is -0.150. The number of hydrogen-bond donors (Lipinski definition) is 1. The fourth-order valence-corrected chi connectivity index (χ4v) is 2.41. The summed E-state index contributed by atoms with van der Waals surface area (Å²) in [6.07, 6.45) is 0. The Balaban J connectivity index is 2.82. The molecular formula is C12H19N3O4S. The first-order valence-electron chi connectivity index (χ1n) is 6.34. The van der Waals surface area contributed by atoms with Gasteiger partial charge in [-0.15, -0.1) is 0 Å². The Hall–Kier alpha value is -1.57. The Kier molecular flexibility index (Phi) is 6.50. The monoisotopic (exact) mass is 301 g/mol. The number of ether oxygens (including phenoxy) is 2. The Morgan fingerprint density at radius 3 is 2.40 bits per heavy atom. The number of hydrogen-bond acceptors (Lipinski definition) is 8. The molecule has 2 unspecified atom stereocenters. The van der Waals surface area contributed by atoms with Crippen LogP contribution in [-0.2, 0) is 19.1 Å². The van der Waals surface area contributed by atoms with Gasteiger partial charge in [0.25, 0.3) is 0 Å². The largest absolute Gasteiger partial charge is 0.465 e. The van der Waals surface area contributed by atoms with Crippen molar-refractivity contribution < 1.29 is 19.1 Å². The van der Waals surface area contributed by atoms with Gasteiger partial charge >= 0.3 is 11.9 Å². The fourth-order valence-electron chi connectivity index (χ4n) is 1.43. The van der Waals surface area contributed by atoms with Gasteiger partial charge in [0.1, 0.15) is 5.25 Å². The summed E-state index contributed by atoms with van der Waals surface area (Å²) >= 11 is 1.12. The lowest BCUT2D eigenvalue weighted by atomic mass is 10.2. The quantitative estimate of drug-likeness (QED) is 0.462. The first-order valence-corrected chi connectivity index (χ1v) is 7.22. The van der Waals surface area contributed by atoms with Crippen molar-refractivity contribution in [2.24, 2.45) is 10.1 Å². The van der Waals surface area contributed by atoms with Crippen LogP contribution >= 0.6 is 11.8 Å². The second-order valence-electron chi connectivity index (χ2n) is 4.09. The van der Waals surface area contributed by atoms with Crippen molar-refractivity contribution in [2.75, 3.05) is 13.2 Å². The van der Waals surface area contributed by atoms with E-state index in [0.717, 1.165) is 17.5 Å². The maximum Gasteiger partial charge on any atom is 0.332 e. The standard InChI is InChI=1S/C12H19N3O4S/c1-5-18-10(16)8-9(11(17)19-6-2)20-12(13-8)15-14-7(3)4/h8-9H,5-6H2,1-4H3,(H,13,15). The molecule has 0 aromatic carbocycles. The van der Waals surface area contributed by atoms with Gasteiger partial charge in [-0.05, 0) is 27.7 Å². The van der Waals surface area contributed by atoms with Gasteiger partial charge in [0.2, 0.25) is 0 Å². The van der Waals surface area contributed by atoms with Crippen LogP contribution in [0.1, 0.15) is 27.7 Å². The number of nitrogens with zero attached hydrogens (tertiary/aromatic N) is 2. The van der Waals surface area contributed by atoms with Gasteiger partial charge in [-0.1, -0.05) is 11.8 Å². The molecule has 1 aliphatic rings. The second-order valence-corrected chi connectivity index (χ2v) is 5.22. The van der Waals surface area contributed by atoms with E-state index in [9.17, 15) is 9.59 Å². The highest BCUT2D eigenvalue weighted by Gasteiger charge is 2.42. The van der Waals surface area contributed by atoms with Crippen LogP contribution < -0.4 is 5.43 Å². The summed E-state index contributed by atoms with van der Waals surface area (Å²) in [5.74, 6) is -1.01. The normalized spacial score (nSPS) is 20.9. The molecule has 0 fully saturated rings. The molecule has 1 aliphatic heterocycles. The minimum absolute atomic E-state index is 0.236. The molecule has 1 rings (SSSR count). The molecule has 20 heavy (non-hydrogen) atoms. The molecule has 8 heteroatoms. The smallest absolute Gasteiger partial charge is 0.332 e. The molecule has 7 nitrogen and oxygen atoms in total. The molecule has 0 aliphatic carbocycles. The Morgan fingerprint density at radius 1 is 1.25 bits per heavy atom. The zero-order valence-corrected chi connectivity index (χ0v) is 12.8. The summed E-state index contributed by atoms with van der Waals surface area (Å²) in [4.78, 5) is 27.8. The molecule has 0 amide bonds. The molecule has 1 N–H and O–H groups in total. The highest BCUT2D eigenvalue weighted by Crippen LogP contribution is 2.28. The molecule has 1 heterocycles. The van der Waals surface area contributed by atoms with Gasteiger partial charge in [-0.3, -0.25) is 10.2 Å². The van der Waals surface area contributed by atoms with Gasteiger partial charge < -0.3 is 9.47 Å². The van der Waals surface area contributed by atoms with E-state index in [-0.39, 0.29) is 13.2 Å². The van der Waals surface area contributed by atoms with Crippen molar-refractivity contribution in [1.82, 2.24) is 5.43 Å². The predicted octanol–water partition coefficient (Wildman–Crippen LogP) is 0.938. The van der Waals surface area contributed by atoms with Crippen LogP contribution in [0.2, 0.25) is 0 Å². The summed E-state index contributed by atoms with van der Waals surface area (Å²) in [6, 6.07) is -0.895. The molecule has 2 atom stereocenters. The maximum atomic E-state index is 11.9. The van der Waals surface area contributed by atoms with Crippen molar-refractivity contribution in [3.05, 3.63) is 0 Å². The number of carbonyl (C=O) groups is 2. The van der Waals surface area contributed by atoms with Crippen molar-refractivity contribution >= 4 is 34.6 Å². The second kappa shape index (κ2) is 7.88. The van der Waals surface area contributed by atoms with E-state index in [1.54, 1.807) is 13.8 Å². The van der Waals surface area contributed by atoms with Crippen molar-refractivity contribution in [1.29, 1.82) is 0 Å². The zero-order chi connectivity index (χ0) is 15.1. The van der Waals surface area contributed by atoms with E-state index >= 15 is 0 Å². The number of amidine groups is 1. The maximum absolute atomic E-state index is 11.9. The number of esters is 2. The number of carbonyl (C=O) groups excluding carboxylic acids is 2. The molecule has 0 spiro atoms. The minimum atomic E-state index is -0.895. The number of aliphatic imine (C=N–C) groups is 1. The van der Waals surface area contributed by atoms with Crippen LogP contribution in [0, 0.1) is 0 Å².